The van der Waals surface area contributed by atoms with E-state index in [1.54, 1.807) is 6.07 Å². The molecule has 1 atom stereocenters. The van der Waals surface area contributed by atoms with Gasteiger partial charge in [-0.2, -0.15) is 0 Å². The topological polar surface area (TPSA) is 29.5 Å². The summed E-state index contributed by atoms with van der Waals surface area (Å²) < 4.78 is 19.6. The maximum atomic E-state index is 14.0. The van der Waals surface area contributed by atoms with Crippen LogP contribution >= 0.6 is 15.9 Å². The minimum atomic E-state index is -1.01. The number of hydrogen-bond donors (Lipinski definition) is 1. The van der Waals surface area contributed by atoms with E-state index in [9.17, 15) is 9.50 Å². The van der Waals surface area contributed by atoms with E-state index >= 15 is 0 Å². The number of methoxy groups -OCH3 is 1. The van der Waals surface area contributed by atoms with Crippen LogP contribution in [0, 0.1) is 12.7 Å². The fourth-order valence-corrected chi connectivity index (χ4v) is 2.36. The molecule has 0 fully saturated rings. The van der Waals surface area contributed by atoms with Gasteiger partial charge in [0.05, 0.1) is 7.11 Å². The van der Waals surface area contributed by atoms with E-state index in [1.165, 1.54) is 19.2 Å². The summed E-state index contributed by atoms with van der Waals surface area (Å²) >= 11 is 3.37. The van der Waals surface area contributed by atoms with Crippen LogP contribution in [0.2, 0.25) is 0 Å². The molecule has 2 aromatic rings. The Morgan fingerprint density at radius 3 is 2.53 bits per heavy atom. The number of halogens is 2. The molecule has 0 spiro atoms. The summed E-state index contributed by atoms with van der Waals surface area (Å²) in [7, 11) is 1.47. The minimum absolute atomic E-state index is 0.229. The van der Waals surface area contributed by atoms with Crippen LogP contribution < -0.4 is 4.74 Å². The third-order valence-corrected chi connectivity index (χ3v) is 3.67. The molecule has 0 aromatic heterocycles. The number of aliphatic hydroxyl groups is 1. The lowest BCUT2D eigenvalue weighted by molar-refractivity contribution is 0.214. The van der Waals surface area contributed by atoms with Crippen molar-refractivity contribution in [1.82, 2.24) is 0 Å². The zero-order valence-electron chi connectivity index (χ0n) is 10.7. The molecule has 100 valence electrons. The highest BCUT2D eigenvalue weighted by atomic mass is 79.9. The van der Waals surface area contributed by atoms with Gasteiger partial charge in [-0.3, -0.25) is 0 Å². The molecule has 0 saturated carbocycles. The summed E-state index contributed by atoms with van der Waals surface area (Å²) in [6.07, 6.45) is -1.01. The van der Waals surface area contributed by atoms with Gasteiger partial charge in [0.1, 0.15) is 17.7 Å². The lowest BCUT2D eigenvalue weighted by Crippen LogP contribution is -2.04. The molecule has 2 nitrogen and oxygen atoms in total. The van der Waals surface area contributed by atoms with Gasteiger partial charge in [-0.25, -0.2) is 4.39 Å². The van der Waals surface area contributed by atoms with Crippen LogP contribution in [0.1, 0.15) is 22.8 Å². The highest BCUT2D eigenvalue weighted by Gasteiger charge is 2.18. The second kappa shape index (κ2) is 5.72. The van der Waals surface area contributed by atoms with E-state index in [0.717, 1.165) is 10.0 Å². The summed E-state index contributed by atoms with van der Waals surface area (Å²) in [4.78, 5) is 0. The molecule has 2 rings (SSSR count). The fraction of sp³-hybridized carbons (Fsp3) is 0.200. The second-order valence-electron chi connectivity index (χ2n) is 4.31. The molecular weight excluding hydrogens is 311 g/mol. The number of benzene rings is 2. The van der Waals surface area contributed by atoms with Crippen LogP contribution in [0.5, 0.6) is 5.75 Å². The Labute approximate surface area is 120 Å². The first kappa shape index (κ1) is 14.0. The Balaban J connectivity index is 2.43. The third kappa shape index (κ3) is 2.96. The Morgan fingerprint density at radius 2 is 1.89 bits per heavy atom. The predicted octanol–water partition coefficient (Wildman–Crippen LogP) is 3.99. The van der Waals surface area contributed by atoms with Crippen molar-refractivity contribution >= 4 is 15.9 Å². The van der Waals surface area contributed by atoms with E-state index in [4.69, 9.17) is 4.74 Å². The van der Waals surface area contributed by atoms with Gasteiger partial charge in [0, 0.05) is 16.1 Å². The lowest BCUT2D eigenvalue weighted by atomic mass is 9.99. The number of aliphatic hydroxyl groups excluding tert-OH is 1. The van der Waals surface area contributed by atoms with Gasteiger partial charge < -0.3 is 9.84 Å². The average Bonchev–Trinajstić information content (AvgIpc) is 2.40. The van der Waals surface area contributed by atoms with Gasteiger partial charge >= 0.3 is 0 Å². The van der Waals surface area contributed by atoms with Crippen molar-refractivity contribution in [2.24, 2.45) is 0 Å². The lowest BCUT2D eigenvalue weighted by Gasteiger charge is -2.15. The quantitative estimate of drug-likeness (QED) is 0.925. The van der Waals surface area contributed by atoms with Crippen LogP contribution in [0.4, 0.5) is 4.39 Å². The average molecular weight is 325 g/mol. The molecule has 0 aliphatic carbocycles. The summed E-state index contributed by atoms with van der Waals surface area (Å²) in [5.74, 6) is -0.0583. The van der Waals surface area contributed by atoms with Crippen molar-refractivity contribution in [2.75, 3.05) is 7.11 Å². The van der Waals surface area contributed by atoms with E-state index in [2.05, 4.69) is 15.9 Å². The van der Waals surface area contributed by atoms with Crippen LogP contribution in [0.3, 0.4) is 0 Å². The van der Waals surface area contributed by atoms with Crippen molar-refractivity contribution in [3.05, 3.63) is 63.4 Å². The monoisotopic (exact) mass is 324 g/mol. The van der Waals surface area contributed by atoms with Gasteiger partial charge in [0.2, 0.25) is 0 Å². The van der Waals surface area contributed by atoms with E-state index in [0.29, 0.717) is 11.3 Å². The molecule has 0 aliphatic rings. The minimum Gasteiger partial charge on any atom is -0.497 e. The first-order chi connectivity index (χ1) is 9.02. The molecule has 0 heterocycles. The molecule has 0 radical (unpaired) electrons. The standard InChI is InChI=1S/C15H14BrFO2/c1-9-3-6-13(16)12(7-9)15(18)11-5-4-10(19-2)8-14(11)17/h3-8,15,18H,1-2H3. The van der Waals surface area contributed by atoms with E-state index < -0.39 is 11.9 Å². The number of hydrogen-bond acceptors (Lipinski definition) is 2. The van der Waals surface area contributed by atoms with Crippen molar-refractivity contribution in [3.63, 3.8) is 0 Å². The van der Waals surface area contributed by atoms with Crippen molar-refractivity contribution < 1.29 is 14.2 Å². The van der Waals surface area contributed by atoms with Crippen LogP contribution in [0.25, 0.3) is 0 Å². The van der Waals surface area contributed by atoms with E-state index in [-0.39, 0.29) is 5.56 Å². The molecule has 4 heteroatoms. The summed E-state index contributed by atoms with van der Waals surface area (Å²) in [6.45, 7) is 1.92. The molecule has 0 amide bonds. The number of ether oxygens (including phenoxy) is 1. The molecule has 1 unspecified atom stereocenters. The molecule has 2 aromatic carbocycles. The zero-order chi connectivity index (χ0) is 14.0. The van der Waals surface area contributed by atoms with Crippen LogP contribution in [0.15, 0.2) is 40.9 Å². The SMILES string of the molecule is COc1ccc(C(O)c2cc(C)ccc2Br)c(F)c1. The normalized spacial score (nSPS) is 12.3. The highest BCUT2D eigenvalue weighted by molar-refractivity contribution is 9.10. The molecule has 0 bridgehead atoms. The van der Waals surface area contributed by atoms with E-state index in [1.807, 2.05) is 25.1 Å². The Bertz CT molecular complexity index is 599. The highest BCUT2D eigenvalue weighted by Crippen LogP contribution is 2.31. The van der Waals surface area contributed by atoms with Gasteiger partial charge in [-0.1, -0.05) is 33.6 Å². The largest absolute Gasteiger partial charge is 0.497 e. The first-order valence-corrected chi connectivity index (χ1v) is 6.59. The van der Waals surface area contributed by atoms with Gasteiger partial charge in [-0.15, -0.1) is 0 Å². The van der Waals surface area contributed by atoms with Gasteiger partial charge in [-0.05, 0) is 30.7 Å². The second-order valence-corrected chi connectivity index (χ2v) is 5.17. The van der Waals surface area contributed by atoms with Crippen LogP contribution in [-0.2, 0) is 0 Å². The van der Waals surface area contributed by atoms with Crippen molar-refractivity contribution in [3.8, 4) is 5.75 Å². The zero-order valence-corrected chi connectivity index (χ0v) is 12.2. The smallest absolute Gasteiger partial charge is 0.133 e. The summed E-state index contributed by atoms with van der Waals surface area (Å²) in [5.41, 5.74) is 1.88. The maximum absolute atomic E-state index is 14.0. The molecule has 19 heavy (non-hydrogen) atoms. The van der Waals surface area contributed by atoms with Gasteiger partial charge in [0.25, 0.3) is 0 Å². The van der Waals surface area contributed by atoms with Crippen molar-refractivity contribution in [1.29, 1.82) is 0 Å². The molecule has 0 aliphatic heterocycles. The van der Waals surface area contributed by atoms with Crippen LogP contribution in [-0.4, -0.2) is 12.2 Å². The summed E-state index contributed by atoms with van der Waals surface area (Å²) in [5, 5.41) is 10.3. The molecular formula is C15H14BrFO2. The third-order valence-electron chi connectivity index (χ3n) is 2.95. The first-order valence-electron chi connectivity index (χ1n) is 5.80. The number of rotatable bonds is 3. The molecule has 1 N–H and O–H groups in total. The Hall–Kier alpha value is -1.39. The fourth-order valence-electron chi connectivity index (χ4n) is 1.90. The molecule has 0 saturated heterocycles. The Morgan fingerprint density at radius 1 is 1.16 bits per heavy atom. The Kier molecular flexibility index (Phi) is 4.22. The summed E-state index contributed by atoms with van der Waals surface area (Å²) in [6, 6.07) is 10.0. The predicted molar refractivity (Wildman–Crippen MR) is 75.9 cm³/mol. The van der Waals surface area contributed by atoms with Crippen molar-refractivity contribution in [2.45, 2.75) is 13.0 Å². The maximum Gasteiger partial charge on any atom is 0.133 e. The number of aryl methyl sites for hydroxylation is 1. The van der Waals surface area contributed by atoms with Gasteiger partial charge in [0.15, 0.2) is 0 Å².